The average molecular weight is 276 g/mol. The maximum atomic E-state index is 11.7. The predicted octanol–water partition coefficient (Wildman–Crippen LogP) is -2.25. The molecular formula is C10H16N2O7. The van der Waals surface area contributed by atoms with Gasteiger partial charge in [0, 0.05) is 0 Å². The maximum Gasteiger partial charge on any atom is 0.326 e. The third-order valence-electron chi connectivity index (χ3n) is 2.74. The van der Waals surface area contributed by atoms with Crippen molar-refractivity contribution in [1.82, 2.24) is 10.2 Å². The molecule has 1 fully saturated rings. The Balaban J connectivity index is 2.57. The quantitative estimate of drug-likeness (QED) is 0.426. The number of carbonyl (C=O) groups excluding carboxylic acids is 2. The molecule has 1 rings (SSSR count). The van der Waals surface area contributed by atoms with Gasteiger partial charge in [-0.25, -0.2) is 9.59 Å². The summed E-state index contributed by atoms with van der Waals surface area (Å²) in [6.07, 6.45) is -2.62. The lowest BCUT2D eigenvalue weighted by Gasteiger charge is -2.19. The van der Waals surface area contributed by atoms with Gasteiger partial charge in [-0.3, -0.25) is 4.79 Å². The van der Waals surface area contributed by atoms with Gasteiger partial charge in [0.05, 0.1) is 38.8 Å². The zero-order valence-electron chi connectivity index (χ0n) is 10.3. The topological polar surface area (TPSA) is 136 Å². The van der Waals surface area contributed by atoms with E-state index in [1.807, 2.05) is 0 Å². The Morgan fingerprint density at radius 1 is 1.32 bits per heavy atom. The molecule has 0 aliphatic carbocycles. The summed E-state index contributed by atoms with van der Waals surface area (Å²) in [6.45, 7) is -0.199. The minimum Gasteiger partial charge on any atom is -0.480 e. The van der Waals surface area contributed by atoms with Crippen LogP contribution in [0.25, 0.3) is 0 Å². The van der Waals surface area contributed by atoms with E-state index in [-0.39, 0.29) is 13.1 Å². The van der Waals surface area contributed by atoms with Gasteiger partial charge in [-0.05, 0) is 0 Å². The average Bonchev–Trinajstić information content (AvgIpc) is 2.68. The molecule has 4 N–H and O–H groups in total. The fourth-order valence-electron chi connectivity index (χ4n) is 1.63. The molecule has 9 nitrogen and oxygen atoms in total. The molecule has 3 atom stereocenters. The highest BCUT2D eigenvalue weighted by molar-refractivity contribution is 5.86. The number of likely N-dealkylation sites (tertiary alicyclic amines) is 1. The van der Waals surface area contributed by atoms with Crippen LogP contribution in [0.3, 0.4) is 0 Å². The Morgan fingerprint density at radius 3 is 2.26 bits per heavy atom. The number of rotatable bonds is 4. The number of methoxy groups -OCH3 is 1. The van der Waals surface area contributed by atoms with Crippen LogP contribution in [0.1, 0.15) is 6.42 Å². The van der Waals surface area contributed by atoms with Gasteiger partial charge in [0.1, 0.15) is 6.04 Å². The number of nitrogens with one attached hydrogen (secondary N) is 1. The van der Waals surface area contributed by atoms with E-state index in [1.54, 1.807) is 0 Å². The number of aliphatic carboxylic acids is 1. The SMILES string of the molecule is COC(=O)C[C@H](NC(=O)N1CC(O)C(O)C1)C(=O)O. The Hall–Kier alpha value is -1.87. The highest BCUT2D eigenvalue weighted by atomic mass is 16.5. The van der Waals surface area contributed by atoms with E-state index in [9.17, 15) is 24.6 Å². The molecule has 0 aromatic carbocycles. The Labute approximate surface area is 108 Å². The molecule has 1 heterocycles. The number of carboxylic acids is 1. The number of esters is 1. The normalized spacial score (nSPS) is 23.8. The molecule has 1 saturated heterocycles. The zero-order valence-corrected chi connectivity index (χ0v) is 10.3. The summed E-state index contributed by atoms with van der Waals surface area (Å²) in [7, 11) is 1.11. The molecule has 9 heteroatoms. The number of hydrogen-bond acceptors (Lipinski definition) is 6. The molecule has 0 aromatic heterocycles. The summed E-state index contributed by atoms with van der Waals surface area (Å²) < 4.78 is 4.32. The summed E-state index contributed by atoms with van der Waals surface area (Å²) in [4.78, 5) is 34.7. The van der Waals surface area contributed by atoms with Gasteiger partial charge in [0.15, 0.2) is 0 Å². The highest BCUT2D eigenvalue weighted by Gasteiger charge is 2.34. The summed E-state index contributed by atoms with van der Waals surface area (Å²) in [5.41, 5.74) is 0. The predicted molar refractivity (Wildman–Crippen MR) is 60.2 cm³/mol. The summed E-state index contributed by atoms with van der Waals surface area (Å²) in [5.74, 6) is -2.15. The van der Waals surface area contributed by atoms with Crippen LogP contribution in [0, 0.1) is 0 Å². The van der Waals surface area contributed by atoms with Crippen LogP contribution in [0.15, 0.2) is 0 Å². The van der Waals surface area contributed by atoms with Gasteiger partial charge in [-0.1, -0.05) is 0 Å². The van der Waals surface area contributed by atoms with Gasteiger partial charge in [0.2, 0.25) is 0 Å². The molecule has 0 aromatic rings. The van der Waals surface area contributed by atoms with Crippen LogP contribution in [-0.2, 0) is 14.3 Å². The van der Waals surface area contributed by atoms with E-state index in [0.29, 0.717) is 0 Å². The maximum absolute atomic E-state index is 11.7. The van der Waals surface area contributed by atoms with Crippen LogP contribution in [0.5, 0.6) is 0 Å². The van der Waals surface area contributed by atoms with Gasteiger partial charge in [-0.15, -0.1) is 0 Å². The third-order valence-corrected chi connectivity index (χ3v) is 2.74. The minimum atomic E-state index is -1.42. The second-order valence-electron chi connectivity index (χ2n) is 4.16. The lowest BCUT2D eigenvalue weighted by Crippen LogP contribution is -2.48. The first-order valence-electron chi connectivity index (χ1n) is 5.56. The molecule has 0 bridgehead atoms. The van der Waals surface area contributed by atoms with Crippen LogP contribution in [-0.4, -0.2) is 76.6 Å². The van der Waals surface area contributed by atoms with Crippen molar-refractivity contribution in [3.05, 3.63) is 0 Å². The summed E-state index contributed by atoms with van der Waals surface area (Å²) in [6, 6.07) is -2.19. The van der Waals surface area contributed by atoms with Crippen molar-refractivity contribution in [2.75, 3.05) is 20.2 Å². The van der Waals surface area contributed by atoms with Gasteiger partial charge < -0.3 is 30.3 Å². The Morgan fingerprint density at radius 2 is 1.84 bits per heavy atom. The number of hydrogen-bond donors (Lipinski definition) is 4. The van der Waals surface area contributed by atoms with Crippen molar-refractivity contribution >= 4 is 18.0 Å². The minimum absolute atomic E-state index is 0.0996. The summed E-state index contributed by atoms with van der Waals surface area (Å²) in [5, 5.41) is 29.6. The van der Waals surface area contributed by atoms with Crippen molar-refractivity contribution < 1.29 is 34.4 Å². The number of carboxylic acid groups (broad SMARTS) is 1. The lowest BCUT2D eigenvalue weighted by molar-refractivity contribution is -0.147. The Kier molecular flexibility index (Phi) is 5.07. The van der Waals surface area contributed by atoms with Gasteiger partial charge >= 0.3 is 18.0 Å². The monoisotopic (exact) mass is 276 g/mol. The van der Waals surface area contributed by atoms with E-state index in [0.717, 1.165) is 12.0 Å². The zero-order chi connectivity index (χ0) is 14.6. The van der Waals surface area contributed by atoms with Crippen molar-refractivity contribution in [3.8, 4) is 0 Å². The molecule has 2 unspecified atom stereocenters. The fraction of sp³-hybridized carbons (Fsp3) is 0.700. The number of aliphatic hydroxyl groups is 2. The largest absolute Gasteiger partial charge is 0.480 e. The van der Waals surface area contributed by atoms with Gasteiger partial charge in [0.25, 0.3) is 0 Å². The highest BCUT2D eigenvalue weighted by Crippen LogP contribution is 2.10. The molecule has 19 heavy (non-hydrogen) atoms. The standard InChI is InChI=1S/C10H16N2O7/c1-19-8(15)2-5(9(16)17)11-10(18)12-3-6(13)7(14)4-12/h5-7,13-14H,2-4H2,1H3,(H,11,18)(H,16,17)/t5-,6?,7?/m0/s1. The smallest absolute Gasteiger partial charge is 0.326 e. The van der Waals surface area contributed by atoms with E-state index >= 15 is 0 Å². The van der Waals surface area contributed by atoms with Crippen LogP contribution >= 0.6 is 0 Å². The molecule has 0 saturated carbocycles. The first-order chi connectivity index (χ1) is 8.85. The second-order valence-corrected chi connectivity index (χ2v) is 4.16. The number of aliphatic hydroxyl groups excluding tert-OH is 2. The molecular weight excluding hydrogens is 260 g/mol. The van der Waals surface area contributed by atoms with E-state index in [1.165, 1.54) is 0 Å². The molecule has 1 aliphatic rings. The first kappa shape index (κ1) is 15.2. The third kappa shape index (κ3) is 4.07. The molecule has 0 radical (unpaired) electrons. The van der Waals surface area contributed by atoms with Gasteiger partial charge in [-0.2, -0.15) is 0 Å². The number of ether oxygens (including phenoxy) is 1. The number of β-amino-alcohol motifs (C(OH)–C–C–N with tert-alkyl or cyclic N) is 2. The van der Waals surface area contributed by atoms with Crippen LogP contribution in [0.2, 0.25) is 0 Å². The molecule has 0 spiro atoms. The van der Waals surface area contributed by atoms with Crippen LogP contribution < -0.4 is 5.32 Å². The van der Waals surface area contributed by atoms with E-state index in [2.05, 4.69) is 10.1 Å². The molecule has 2 amide bonds. The molecule has 108 valence electrons. The second kappa shape index (κ2) is 6.34. The number of amides is 2. The number of carbonyl (C=O) groups is 3. The molecule has 1 aliphatic heterocycles. The summed E-state index contributed by atoms with van der Waals surface area (Å²) >= 11 is 0. The number of nitrogens with zero attached hydrogens (tertiary/aromatic N) is 1. The van der Waals surface area contributed by atoms with Crippen molar-refractivity contribution in [1.29, 1.82) is 0 Å². The number of urea groups is 1. The lowest BCUT2D eigenvalue weighted by atomic mass is 10.2. The van der Waals surface area contributed by atoms with Crippen molar-refractivity contribution in [3.63, 3.8) is 0 Å². The van der Waals surface area contributed by atoms with Crippen molar-refractivity contribution in [2.24, 2.45) is 0 Å². The van der Waals surface area contributed by atoms with Crippen LogP contribution in [0.4, 0.5) is 4.79 Å². The fourth-order valence-corrected chi connectivity index (χ4v) is 1.63. The van der Waals surface area contributed by atoms with E-state index in [4.69, 9.17) is 5.11 Å². The van der Waals surface area contributed by atoms with Crippen molar-refractivity contribution in [2.45, 2.75) is 24.7 Å². The van der Waals surface area contributed by atoms with E-state index < -0.39 is 42.6 Å². The Bertz CT molecular complexity index is 363. The first-order valence-corrected chi connectivity index (χ1v) is 5.56.